The van der Waals surface area contributed by atoms with Crippen molar-refractivity contribution in [2.24, 2.45) is 0 Å². The predicted octanol–water partition coefficient (Wildman–Crippen LogP) is 5.45. The summed E-state index contributed by atoms with van der Waals surface area (Å²) in [6, 6.07) is 13.0. The SMILES string of the molecule is C=CCc1cc(C(=O)O)ccc1-c1ccc(OCCCCCCOC(=O)C=C)cc1. The number of allylic oxidation sites excluding steroid dienone is 1. The van der Waals surface area contributed by atoms with Crippen molar-refractivity contribution < 1.29 is 24.2 Å². The fourth-order valence-corrected chi connectivity index (χ4v) is 3.04. The highest BCUT2D eigenvalue weighted by atomic mass is 16.5. The molecule has 2 aromatic rings. The quantitative estimate of drug-likeness (QED) is 0.206. The van der Waals surface area contributed by atoms with Crippen LogP contribution < -0.4 is 4.74 Å². The van der Waals surface area contributed by atoms with Gasteiger partial charge in [0.2, 0.25) is 0 Å². The minimum Gasteiger partial charge on any atom is -0.494 e. The molecule has 0 aliphatic rings. The van der Waals surface area contributed by atoms with Gasteiger partial charge in [-0.05, 0) is 73.1 Å². The van der Waals surface area contributed by atoms with Crippen LogP contribution in [-0.4, -0.2) is 30.3 Å². The first kappa shape index (κ1) is 22.9. The summed E-state index contributed by atoms with van der Waals surface area (Å²) in [6.45, 7) is 8.17. The van der Waals surface area contributed by atoms with Crippen LogP contribution in [0.25, 0.3) is 11.1 Å². The molecule has 2 rings (SSSR count). The van der Waals surface area contributed by atoms with E-state index in [1.165, 1.54) is 6.08 Å². The molecule has 0 fully saturated rings. The summed E-state index contributed by atoms with van der Waals surface area (Å²) >= 11 is 0. The lowest BCUT2D eigenvalue weighted by atomic mass is 9.95. The summed E-state index contributed by atoms with van der Waals surface area (Å²) in [4.78, 5) is 22.1. The van der Waals surface area contributed by atoms with Crippen LogP contribution >= 0.6 is 0 Å². The van der Waals surface area contributed by atoms with E-state index in [9.17, 15) is 14.7 Å². The van der Waals surface area contributed by atoms with E-state index < -0.39 is 5.97 Å². The second-order valence-electron chi connectivity index (χ2n) is 6.83. The molecule has 0 unspecified atom stereocenters. The molecule has 0 spiro atoms. The number of hydrogen-bond donors (Lipinski definition) is 1. The molecule has 158 valence electrons. The molecule has 30 heavy (non-hydrogen) atoms. The molecule has 0 radical (unpaired) electrons. The highest BCUT2D eigenvalue weighted by molar-refractivity contribution is 5.89. The van der Waals surface area contributed by atoms with Gasteiger partial charge >= 0.3 is 11.9 Å². The molecule has 5 heteroatoms. The number of carboxylic acids is 1. The zero-order valence-corrected chi connectivity index (χ0v) is 17.1. The second-order valence-corrected chi connectivity index (χ2v) is 6.83. The number of carbonyl (C=O) groups is 2. The number of carboxylic acid groups (broad SMARTS) is 1. The Morgan fingerprint density at radius 3 is 2.27 bits per heavy atom. The predicted molar refractivity (Wildman–Crippen MR) is 118 cm³/mol. The minimum atomic E-state index is -0.937. The third-order valence-corrected chi connectivity index (χ3v) is 4.60. The topological polar surface area (TPSA) is 72.8 Å². The van der Waals surface area contributed by atoms with Crippen LogP contribution in [0, 0.1) is 0 Å². The van der Waals surface area contributed by atoms with Gasteiger partial charge in [0.1, 0.15) is 5.75 Å². The number of carbonyl (C=O) groups excluding carboxylic acids is 1. The lowest BCUT2D eigenvalue weighted by molar-refractivity contribution is -0.137. The molecule has 0 aliphatic carbocycles. The van der Waals surface area contributed by atoms with Gasteiger partial charge in [-0.2, -0.15) is 0 Å². The van der Waals surface area contributed by atoms with Gasteiger partial charge < -0.3 is 14.6 Å². The zero-order valence-electron chi connectivity index (χ0n) is 17.1. The maximum atomic E-state index is 11.2. The summed E-state index contributed by atoms with van der Waals surface area (Å²) < 4.78 is 10.7. The van der Waals surface area contributed by atoms with Crippen molar-refractivity contribution in [3.8, 4) is 16.9 Å². The van der Waals surface area contributed by atoms with Crippen LogP contribution in [0.3, 0.4) is 0 Å². The van der Waals surface area contributed by atoms with Crippen molar-refractivity contribution in [1.82, 2.24) is 0 Å². The van der Waals surface area contributed by atoms with Gasteiger partial charge in [0.25, 0.3) is 0 Å². The Balaban J connectivity index is 1.82. The molecule has 0 aromatic heterocycles. The lowest BCUT2D eigenvalue weighted by Gasteiger charge is -2.11. The van der Waals surface area contributed by atoms with Gasteiger partial charge in [-0.15, -0.1) is 6.58 Å². The van der Waals surface area contributed by atoms with Crippen molar-refractivity contribution in [2.45, 2.75) is 32.1 Å². The Bertz CT molecular complexity index is 868. The highest BCUT2D eigenvalue weighted by Gasteiger charge is 2.09. The zero-order chi connectivity index (χ0) is 21.8. The van der Waals surface area contributed by atoms with Crippen LogP contribution in [0.4, 0.5) is 0 Å². The molecule has 0 saturated carbocycles. The van der Waals surface area contributed by atoms with E-state index in [0.717, 1.165) is 48.1 Å². The molecular formula is C25H28O5. The van der Waals surface area contributed by atoms with Crippen LogP contribution in [-0.2, 0) is 16.0 Å². The summed E-state index contributed by atoms with van der Waals surface area (Å²) in [7, 11) is 0. The number of hydrogen-bond acceptors (Lipinski definition) is 4. The molecule has 0 amide bonds. The number of rotatable bonds is 13. The normalized spacial score (nSPS) is 10.3. The van der Waals surface area contributed by atoms with Crippen molar-refractivity contribution in [3.05, 3.63) is 78.9 Å². The maximum Gasteiger partial charge on any atom is 0.335 e. The second kappa shape index (κ2) is 12.3. The summed E-state index contributed by atoms with van der Waals surface area (Å²) in [5.41, 5.74) is 3.19. The molecule has 0 bridgehead atoms. The number of esters is 1. The van der Waals surface area contributed by atoms with Crippen molar-refractivity contribution in [1.29, 1.82) is 0 Å². The van der Waals surface area contributed by atoms with E-state index in [2.05, 4.69) is 13.2 Å². The van der Waals surface area contributed by atoms with Crippen LogP contribution in [0.2, 0.25) is 0 Å². The Morgan fingerprint density at radius 1 is 0.933 bits per heavy atom. The van der Waals surface area contributed by atoms with Gasteiger partial charge in [-0.25, -0.2) is 9.59 Å². The van der Waals surface area contributed by atoms with Crippen molar-refractivity contribution in [2.75, 3.05) is 13.2 Å². The number of benzene rings is 2. The average Bonchev–Trinajstić information content (AvgIpc) is 2.76. The van der Waals surface area contributed by atoms with Crippen molar-refractivity contribution >= 4 is 11.9 Å². The fourth-order valence-electron chi connectivity index (χ4n) is 3.04. The number of aromatic carboxylic acids is 1. The van der Waals surface area contributed by atoms with Gasteiger partial charge in [-0.3, -0.25) is 0 Å². The third kappa shape index (κ3) is 7.24. The molecule has 2 aromatic carbocycles. The fraction of sp³-hybridized carbons (Fsp3) is 0.280. The minimum absolute atomic E-state index is 0.273. The third-order valence-electron chi connectivity index (χ3n) is 4.60. The maximum absolute atomic E-state index is 11.2. The van der Waals surface area contributed by atoms with E-state index in [4.69, 9.17) is 9.47 Å². The number of ether oxygens (including phenoxy) is 2. The Kier molecular flexibility index (Phi) is 9.38. The van der Waals surface area contributed by atoms with Gasteiger partial charge in [0.15, 0.2) is 0 Å². The van der Waals surface area contributed by atoms with E-state index >= 15 is 0 Å². The van der Waals surface area contributed by atoms with E-state index in [1.807, 2.05) is 30.3 Å². The van der Waals surface area contributed by atoms with Crippen LogP contribution in [0.1, 0.15) is 41.6 Å². The molecule has 0 saturated heterocycles. The smallest absolute Gasteiger partial charge is 0.335 e. The molecule has 5 nitrogen and oxygen atoms in total. The summed E-state index contributed by atoms with van der Waals surface area (Å²) in [6.07, 6.45) is 7.28. The van der Waals surface area contributed by atoms with Gasteiger partial charge in [0.05, 0.1) is 18.8 Å². The lowest BCUT2D eigenvalue weighted by Crippen LogP contribution is -2.02. The van der Waals surface area contributed by atoms with E-state index in [0.29, 0.717) is 19.6 Å². The van der Waals surface area contributed by atoms with Crippen LogP contribution in [0.5, 0.6) is 5.75 Å². The van der Waals surface area contributed by atoms with Gasteiger partial charge in [-0.1, -0.05) is 30.9 Å². The Labute approximate surface area is 177 Å². The molecule has 0 atom stereocenters. The monoisotopic (exact) mass is 408 g/mol. The molecule has 0 heterocycles. The molecule has 1 N–H and O–H groups in total. The average molecular weight is 408 g/mol. The molecular weight excluding hydrogens is 380 g/mol. The molecule has 0 aliphatic heterocycles. The standard InChI is InChI=1S/C25H28O5/c1-3-9-20-18-21(25(27)28)12-15-23(20)19-10-13-22(14-11-19)29-16-7-5-6-8-17-30-24(26)4-2/h3-4,10-15,18H,1-2,5-9,16-17H2,(H,27,28). The van der Waals surface area contributed by atoms with E-state index in [1.54, 1.807) is 18.2 Å². The number of unbranched alkanes of at least 4 members (excludes halogenated alkanes) is 3. The largest absolute Gasteiger partial charge is 0.494 e. The Hall–Kier alpha value is -3.34. The van der Waals surface area contributed by atoms with Gasteiger partial charge in [0, 0.05) is 6.08 Å². The van der Waals surface area contributed by atoms with E-state index in [-0.39, 0.29) is 11.5 Å². The first-order valence-corrected chi connectivity index (χ1v) is 10.0. The summed E-state index contributed by atoms with van der Waals surface area (Å²) in [5, 5.41) is 9.21. The first-order valence-electron chi connectivity index (χ1n) is 10.0. The highest BCUT2D eigenvalue weighted by Crippen LogP contribution is 2.27. The Morgan fingerprint density at radius 2 is 1.63 bits per heavy atom. The van der Waals surface area contributed by atoms with Crippen molar-refractivity contribution in [3.63, 3.8) is 0 Å². The summed E-state index contributed by atoms with van der Waals surface area (Å²) in [5.74, 6) is -0.518. The van der Waals surface area contributed by atoms with Crippen LogP contribution in [0.15, 0.2) is 67.8 Å². The first-order chi connectivity index (χ1) is 14.5.